The summed E-state index contributed by atoms with van der Waals surface area (Å²) in [6.45, 7) is 0.930. The fourth-order valence-corrected chi connectivity index (χ4v) is 3.02. The number of likely N-dealkylation sites (tertiary alicyclic amines) is 1. The van der Waals surface area contributed by atoms with Gasteiger partial charge >= 0.3 is 0 Å². The number of hydrogen-bond acceptors (Lipinski definition) is 5. The van der Waals surface area contributed by atoms with Crippen molar-refractivity contribution in [2.24, 2.45) is 7.05 Å². The molecule has 0 aliphatic carbocycles. The van der Waals surface area contributed by atoms with E-state index in [9.17, 15) is 9.59 Å². The van der Waals surface area contributed by atoms with Crippen molar-refractivity contribution in [1.29, 1.82) is 0 Å². The molecule has 0 radical (unpaired) electrons. The van der Waals surface area contributed by atoms with Gasteiger partial charge in [0, 0.05) is 39.4 Å². The van der Waals surface area contributed by atoms with Gasteiger partial charge in [-0.05, 0) is 25.0 Å². The van der Waals surface area contributed by atoms with E-state index in [4.69, 9.17) is 4.42 Å². The van der Waals surface area contributed by atoms with Crippen LogP contribution in [0.15, 0.2) is 35.1 Å². The van der Waals surface area contributed by atoms with Crippen LogP contribution in [0.25, 0.3) is 0 Å². The molecule has 1 aliphatic rings. The smallest absolute Gasteiger partial charge is 0.289 e. The lowest BCUT2D eigenvalue weighted by molar-refractivity contribution is -0.126. The monoisotopic (exact) mass is 331 g/mol. The summed E-state index contributed by atoms with van der Waals surface area (Å²) in [4.78, 5) is 26.6. The average Bonchev–Trinajstić information content (AvgIpc) is 3.26. The molecule has 8 nitrogen and oxygen atoms in total. The van der Waals surface area contributed by atoms with E-state index in [2.05, 4.69) is 15.7 Å². The number of carbonyl (C=O) groups excluding carboxylic acids is 2. The van der Waals surface area contributed by atoms with E-state index >= 15 is 0 Å². The number of hydrogen-bond donors (Lipinski definition) is 2. The fraction of sp³-hybridized carbons (Fsp3) is 0.438. The van der Waals surface area contributed by atoms with Crippen molar-refractivity contribution >= 4 is 17.6 Å². The molecular formula is C16H21N5O3. The van der Waals surface area contributed by atoms with Gasteiger partial charge in [-0.1, -0.05) is 0 Å². The molecule has 0 unspecified atom stereocenters. The normalized spacial score (nSPS) is 16.7. The summed E-state index contributed by atoms with van der Waals surface area (Å²) in [6, 6.07) is 5.16. The molecule has 128 valence electrons. The van der Waals surface area contributed by atoms with E-state index < -0.39 is 5.54 Å². The van der Waals surface area contributed by atoms with Gasteiger partial charge in [0.15, 0.2) is 5.76 Å². The summed E-state index contributed by atoms with van der Waals surface area (Å²) in [5.74, 6) is 0.716. The number of likely N-dealkylation sites (N-methyl/N-ethyl adjacent to an activating group) is 1. The Balaban J connectivity index is 1.73. The third kappa shape index (κ3) is 2.99. The molecular weight excluding hydrogens is 310 g/mol. The first-order chi connectivity index (χ1) is 11.5. The van der Waals surface area contributed by atoms with Gasteiger partial charge in [0.25, 0.3) is 5.91 Å². The Hall–Kier alpha value is -2.77. The van der Waals surface area contributed by atoms with Crippen LogP contribution < -0.4 is 10.6 Å². The first-order valence-electron chi connectivity index (χ1n) is 7.87. The van der Waals surface area contributed by atoms with Gasteiger partial charge in [0.05, 0.1) is 6.26 Å². The fourth-order valence-electron chi connectivity index (χ4n) is 3.02. The number of carbonyl (C=O) groups is 2. The molecule has 2 amide bonds. The van der Waals surface area contributed by atoms with Gasteiger partial charge in [0.1, 0.15) is 11.4 Å². The summed E-state index contributed by atoms with van der Waals surface area (Å²) in [7, 11) is 3.44. The van der Waals surface area contributed by atoms with Crippen LogP contribution in [0.1, 0.15) is 23.4 Å². The number of anilines is 1. The van der Waals surface area contributed by atoms with E-state index in [0.717, 1.165) is 0 Å². The van der Waals surface area contributed by atoms with Crippen molar-refractivity contribution < 1.29 is 14.0 Å². The topological polar surface area (TPSA) is 92.4 Å². The second kappa shape index (κ2) is 6.38. The number of nitrogens with zero attached hydrogens (tertiary/aromatic N) is 3. The van der Waals surface area contributed by atoms with Crippen molar-refractivity contribution in [1.82, 2.24) is 20.0 Å². The van der Waals surface area contributed by atoms with Crippen LogP contribution in [0.2, 0.25) is 0 Å². The molecule has 3 rings (SSSR count). The predicted molar refractivity (Wildman–Crippen MR) is 87.5 cm³/mol. The zero-order valence-electron chi connectivity index (χ0n) is 13.8. The summed E-state index contributed by atoms with van der Waals surface area (Å²) in [5.41, 5.74) is -0.775. The van der Waals surface area contributed by atoms with Crippen molar-refractivity contribution in [2.75, 3.05) is 25.5 Å². The highest BCUT2D eigenvalue weighted by atomic mass is 16.3. The van der Waals surface area contributed by atoms with Crippen LogP contribution in [0.3, 0.4) is 0 Å². The first kappa shape index (κ1) is 16.1. The van der Waals surface area contributed by atoms with Crippen molar-refractivity contribution in [3.8, 4) is 0 Å². The second-order valence-corrected chi connectivity index (χ2v) is 5.93. The van der Waals surface area contributed by atoms with Crippen LogP contribution in [0.5, 0.6) is 0 Å². The van der Waals surface area contributed by atoms with Crippen LogP contribution in [-0.2, 0) is 11.8 Å². The predicted octanol–water partition coefficient (Wildman–Crippen LogP) is 0.846. The van der Waals surface area contributed by atoms with Crippen molar-refractivity contribution in [3.05, 3.63) is 36.4 Å². The number of rotatable bonds is 4. The maximum Gasteiger partial charge on any atom is 0.289 e. The molecule has 2 N–H and O–H groups in total. The highest BCUT2D eigenvalue weighted by Crippen LogP contribution is 2.27. The molecule has 2 aromatic heterocycles. The van der Waals surface area contributed by atoms with Gasteiger partial charge in [-0.3, -0.25) is 14.3 Å². The van der Waals surface area contributed by atoms with Crippen LogP contribution >= 0.6 is 0 Å². The van der Waals surface area contributed by atoms with Crippen LogP contribution in [-0.4, -0.2) is 52.2 Å². The zero-order valence-corrected chi connectivity index (χ0v) is 13.8. The summed E-state index contributed by atoms with van der Waals surface area (Å²) in [5, 5.41) is 10.3. The van der Waals surface area contributed by atoms with Gasteiger partial charge in [0.2, 0.25) is 5.91 Å². The molecule has 3 heterocycles. The van der Waals surface area contributed by atoms with E-state index in [1.165, 1.54) is 6.26 Å². The number of nitrogens with one attached hydrogen (secondary N) is 2. The molecule has 8 heteroatoms. The minimum atomic E-state index is -0.775. The summed E-state index contributed by atoms with van der Waals surface area (Å²) < 4.78 is 6.84. The minimum absolute atomic E-state index is 0.0988. The van der Waals surface area contributed by atoms with Crippen LogP contribution in [0.4, 0.5) is 5.82 Å². The molecule has 24 heavy (non-hydrogen) atoms. The maximum absolute atomic E-state index is 12.5. The van der Waals surface area contributed by atoms with E-state index in [1.54, 1.807) is 28.8 Å². The molecule has 1 aliphatic heterocycles. The Labute approximate surface area is 139 Å². The highest BCUT2D eigenvalue weighted by molar-refractivity contribution is 5.93. The molecule has 1 fully saturated rings. The summed E-state index contributed by atoms with van der Waals surface area (Å²) in [6.07, 6.45) is 4.29. The van der Waals surface area contributed by atoms with Gasteiger partial charge in [-0.25, -0.2) is 0 Å². The maximum atomic E-state index is 12.5. The number of furan rings is 1. The number of amides is 2. The Bertz CT molecular complexity index is 714. The van der Waals surface area contributed by atoms with Crippen molar-refractivity contribution in [2.45, 2.75) is 18.4 Å². The van der Waals surface area contributed by atoms with Crippen LogP contribution in [0, 0.1) is 0 Å². The van der Waals surface area contributed by atoms with E-state index in [-0.39, 0.29) is 11.8 Å². The van der Waals surface area contributed by atoms with Gasteiger partial charge in [-0.15, -0.1) is 0 Å². The third-order valence-corrected chi connectivity index (χ3v) is 4.38. The Kier molecular flexibility index (Phi) is 4.28. The molecule has 0 bridgehead atoms. The zero-order chi connectivity index (χ0) is 17.2. The standard InChI is InChI=1S/C16H21N5O3/c1-17-15(23)16(18-13-5-8-20(2)19-13)6-9-21(10-7-16)14(22)12-4-3-11-24-12/h3-5,8,11H,6-7,9-10H2,1-2H3,(H,17,23)(H,18,19). The van der Waals surface area contributed by atoms with Crippen molar-refractivity contribution in [3.63, 3.8) is 0 Å². The Morgan fingerprint density at radius 2 is 2.04 bits per heavy atom. The molecule has 0 aromatic carbocycles. The SMILES string of the molecule is CNC(=O)C1(Nc2ccn(C)n2)CCN(C(=O)c2ccco2)CC1. The Morgan fingerprint density at radius 1 is 1.29 bits per heavy atom. The Morgan fingerprint density at radius 3 is 2.58 bits per heavy atom. The quantitative estimate of drug-likeness (QED) is 0.866. The number of aromatic nitrogens is 2. The largest absolute Gasteiger partial charge is 0.459 e. The molecule has 0 saturated carbocycles. The van der Waals surface area contributed by atoms with E-state index in [1.807, 2.05) is 19.3 Å². The van der Waals surface area contributed by atoms with Gasteiger partial charge < -0.3 is 20.0 Å². The first-order valence-corrected chi connectivity index (χ1v) is 7.87. The minimum Gasteiger partial charge on any atom is -0.459 e. The summed E-state index contributed by atoms with van der Waals surface area (Å²) >= 11 is 0. The second-order valence-electron chi connectivity index (χ2n) is 5.93. The lowest BCUT2D eigenvalue weighted by atomic mass is 9.86. The number of aryl methyl sites for hydroxylation is 1. The van der Waals surface area contributed by atoms with E-state index in [0.29, 0.717) is 37.5 Å². The number of piperidine rings is 1. The lowest BCUT2D eigenvalue weighted by Gasteiger charge is -2.40. The van der Waals surface area contributed by atoms with Gasteiger partial charge in [-0.2, -0.15) is 5.10 Å². The lowest BCUT2D eigenvalue weighted by Crippen LogP contribution is -2.58. The molecule has 0 spiro atoms. The molecule has 1 saturated heterocycles. The third-order valence-electron chi connectivity index (χ3n) is 4.38. The molecule has 2 aromatic rings. The average molecular weight is 331 g/mol. The highest BCUT2D eigenvalue weighted by Gasteiger charge is 2.42. The molecule has 0 atom stereocenters.